The molecule has 0 aliphatic rings. The number of nitro groups is 1. The molecule has 1 aromatic rings. The van der Waals surface area contributed by atoms with Crippen LogP contribution in [-0.2, 0) is 9.53 Å². The van der Waals surface area contributed by atoms with Crippen molar-refractivity contribution in [1.82, 2.24) is 0 Å². The van der Waals surface area contributed by atoms with Crippen LogP contribution < -0.4 is 4.74 Å². The highest BCUT2D eigenvalue weighted by Gasteiger charge is 2.15. The average Bonchev–Trinajstić information content (AvgIpc) is 2.40. The third kappa shape index (κ3) is 4.31. The van der Waals surface area contributed by atoms with Gasteiger partial charge in [0.05, 0.1) is 21.0 Å². The number of nitrogens with zero attached hydrogens (tertiary/aromatic N) is 1. The minimum Gasteiger partial charge on any atom is -0.487 e. The maximum absolute atomic E-state index is 11.2. The Morgan fingerprint density at radius 2 is 1.95 bits per heavy atom. The first-order valence-corrected chi connectivity index (χ1v) is 6.96. The highest BCUT2D eigenvalue weighted by Crippen LogP contribution is 2.37. The Bertz CT molecular complexity index is 548. The van der Waals surface area contributed by atoms with E-state index in [1.165, 1.54) is 19.2 Å². The zero-order valence-corrected chi connectivity index (χ0v) is 13.9. The fraction of sp³-hybridized carbons (Fsp3) is 0.250. The predicted octanol–water partition coefficient (Wildman–Crippen LogP) is 3.62. The molecule has 0 fully saturated rings. The molecule has 8 heteroatoms. The van der Waals surface area contributed by atoms with Crippen molar-refractivity contribution in [3.8, 4) is 5.75 Å². The number of rotatable bonds is 5. The monoisotopic (exact) mass is 407 g/mol. The zero-order valence-electron chi connectivity index (χ0n) is 10.7. The van der Waals surface area contributed by atoms with Crippen molar-refractivity contribution in [1.29, 1.82) is 0 Å². The first-order valence-electron chi connectivity index (χ1n) is 5.38. The van der Waals surface area contributed by atoms with E-state index in [0.29, 0.717) is 20.3 Å². The molecule has 0 aromatic heterocycles. The summed E-state index contributed by atoms with van der Waals surface area (Å²) in [5.74, 6) is -0.0139. The number of ether oxygens (including phenoxy) is 2. The lowest BCUT2D eigenvalue weighted by Crippen LogP contribution is -2.04. The van der Waals surface area contributed by atoms with Crippen molar-refractivity contribution in [2.75, 3.05) is 13.7 Å². The molecule has 0 heterocycles. The van der Waals surface area contributed by atoms with Crippen LogP contribution in [0.5, 0.6) is 5.75 Å². The van der Waals surface area contributed by atoms with Crippen LogP contribution in [0.15, 0.2) is 32.7 Å². The average molecular weight is 409 g/mol. The van der Waals surface area contributed by atoms with Gasteiger partial charge in [0.1, 0.15) is 12.4 Å². The molecule has 6 nitrogen and oxygen atoms in total. The molecule has 0 radical (unpaired) electrons. The summed E-state index contributed by atoms with van der Waals surface area (Å²) in [4.78, 5) is 21.4. The first-order chi connectivity index (χ1) is 9.36. The van der Waals surface area contributed by atoms with Gasteiger partial charge in [0.25, 0.3) is 5.69 Å². The Kier molecular flexibility index (Phi) is 6.15. The lowest BCUT2D eigenvalue weighted by molar-refractivity contribution is -0.385. The Morgan fingerprint density at radius 1 is 1.40 bits per heavy atom. The van der Waals surface area contributed by atoms with Crippen molar-refractivity contribution in [2.45, 2.75) is 6.92 Å². The number of carbonyl (C=O) groups excluding carboxylic acids is 1. The van der Waals surface area contributed by atoms with Crippen LogP contribution in [0, 0.1) is 10.1 Å². The van der Waals surface area contributed by atoms with Crippen LogP contribution in [0.3, 0.4) is 0 Å². The van der Waals surface area contributed by atoms with E-state index in [2.05, 4.69) is 36.6 Å². The molecule has 0 aliphatic carbocycles. The standard InChI is InChI=1S/C12H11Br2NO5/c1-7(12(16)19-2)3-4-20-11-9(13)5-8(15(17)18)6-10(11)14/h3,5-6H,4H2,1-2H3. The largest absolute Gasteiger partial charge is 0.487 e. The fourth-order valence-electron chi connectivity index (χ4n) is 1.28. The number of benzene rings is 1. The van der Waals surface area contributed by atoms with Gasteiger partial charge in [-0.2, -0.15) is 0 Å². The highest BCUT2D eigenvalue weighted by atomic mass is 79.9. The van der Waals surface area contributed by atoms with E-state index in [1.54, 1.807) is 13.0 Å². The van der Waals surface area contributed by atoms with E-state index in [0.717, 1.165) is 0 Å². The topological polar surface area (TPSA) is 78.7 Å². The van der Waals surface area contributed by atoms with Gasteiger partial charge in [0, 0.05) is 17.7 Å². The third-order valence-electron chi connectivity index (χ3n) is 2.32. The normalized spacial score (nSPS) is 11.1. The summed E-state index contributed by atoms with van der Waals surface area (Å²) in [6.07, 6.45) is 1.56. The third-order valence-corrected chi connectivity index (χ3v) is 3.50. The molecule has 20 heavy (non-hydrogen) atoms. The van der Waals surface area contributed by atoms with E-state index in [-0.39, 0.29) is 12.3 Å². The quantitative estimate of drug-likeness (QED) is 0.321. The number of non-ortho nitro benzene ring substituents is 1. The second kappa shape index (κ2) is 7.39. The van der Waals surface area contributed by atoms with Gasteiger partial charge in [-0.1, -0.05) is 0 Å². The number of hydrogen-bond acceptors (Lipinski definition) is 5. The van der Waals surface area contributed by atoms with Crippen molar-refractivity contribution >= 4 is 43.5 Å². The van der Waals surface area contributed by atoms with E-state index in [9.17, 15) is 14.9 Å². The van der Waals surface area contributed by atoms with Gasteiger partial charge in [0.15, 0.2) is 0 Å². The summed E-state index contributed by atoms with van der Waals surface area (Å²) >= 11 is 6.41. The zero-order chi connectivity index (χ0) is 15.3. The second-order valence-electron chi connectivity index (χ2n) is 3.69. The lowest BCUT2D eigenvalue weighted by atomic mass is 10.3. The summed E-state index contributed by atoms with van der Waals surface area (Å²) in [5.41, 5.74) is 0.360. The van der Waals surface area contributed by atoms with Crippen molar-refractivity contribution in [3.63, 3.8) is 0 Å². The smallest absolute Gasteiger partial charge is 0.333 e. The molecule has 108 valence electrons. The molecule has 0 spiro atoms. The first kappa shape index (κ1) is 16.6. The Balaban J connectivity index is 2.84. The molecule has 0 unspecified atom stereocenters. The summed E-state index contributed by atoms with van der Waals surface area (Å²) in [7, 11) is 1.30. The highest BCUT2D eigenvalue weighted by molar-refractivity contribution is 9.11. The van der Waals surface area contributed by atoms with Crippen LogP contribution in [0.25, 0.3) is 0 Å². The van der Waals surface area contributed by atoms with E-state index >= 15 is 0 Å². The number of methoxy groups -OCH3 is 1. The van der Waals surface area contributed by atoms with Crippen LogP contribution in [0.1, 0.15) is 6.92 Å². The fourth-order valence-corrected chi connectivity index (χ4v) is 2.68. The van der Waals surface area contributed by atoms with Crippen LogP contribution in [0.2, 0.25) is 0 Å². The van der Waals surface area contributed by atoms with Crippen molar-refractivity contribution in [3.05, 3.63) is 42.8 Å². The van der Waals surface area contributed by atoms with Gasteiger partial charge in [-0.3, -0.25) is 10.1 Å². The summed E-state index contributed by atoms with van der Waals surface area (Å²) < 4.78 is 10.9. The number of hydrogen-bond donors (Lipinski definition) is 0. The van der Waals surface area contributed by atoms with E-state index < -0.39 is 10.9 Å². The molecule has 0 aliphatic heterocycles. The molecule has 0 amide bonds. The predicted molar refractivity (Wildman–Crippen MR) is 79.8 cm³/mol. The molecule has 0 bridgehead atoms. The SMILES string of the molecule is COC(=O)C(C)=CCOc1c(Br)cc([N+](=O)[O-])cc1Br. The molecule has 0 saturated carbocycles. The molecule has 1 rings (SSSR count). The van der Waals surface area contributed by atoms with Gasteiger partial charge in [-0.25, -0.2) is 4.79 Å². The maximum atomic E-state index is 11.2. The summed E-state index contributed by atoms with van der Waals surface area (Å²) in [6, 6.07) is 2.69. The molecular weight excluding hydrogens is 398 g/mol. The van der Waals surface area contributed by atoms with E-state index in [4.69, 9.17) is 4.74 Å². The Labute approximate surface area is 132 Å². The van der Waals surface area contributed by atoms with Gasteiger partial charge < -0.3 is 9.47 Å². The molecule has 0 atom stereocenters. The van der Waals surface area contributed by atoms with Crippen molar-refractivity contribution in [2.24, 2.45) is 0 Å². The minimum absolute atomic E-state index is 0.0580. The molecule has 1 aromatic carbocycles. The maximum Gasteiger partial charge on any atom is 0.333 e. The molecular formula is C12H11Br2NO5. The van der Waals surface area contributed by atoms with Crippen LogP contribution >= 0.6 is 31.9 Å². The molecule has 0 saturated heterocycles. The van der Waals surface area contributed by atoms with Gasteiger partial charge in [0.2, 0.25) is 0 Å². The Hall–Kier alpha value is -1.41. The van der Waals surface area contributed by atoms with Gasteiger partial charge in [-0.05, 0) is 44.9 Å². The summed E-state index contributed by atoms with van der Waals surface area (Å²) in [6.45, 7) is 1.74. The number of carbonyl (C=O) groups is 1. The Morgan fingerprint density at radius 3 is 2.40 bits per heavy atom. The van der Waals surface area contributed by atoms with E-state index in [1.807, 2.05) is 0 Å². The van der Waals surface area contributed by atoms with Gasteiger partial charge in [-0.15, -0.1) is 0 Å². The minimum atomic E-state index is -0.499. The van der Waals surface area contributed by atoms with Gasteiger partial charge >= 0.3 is 5.97 Å². The van der Waals surface area contributed by atoms with Crippen molar-refractivity contribution < 1.29 is 19.2 Å². The van der Waals surface area contributed by atoms with Crippen LogP contribution in [-0.4, -0.2) is 24.6 Å². The number of nitro benzene ring substituents is 1. The second-order valence-corrected chi connectivity index (χ2v) is 5.39. The lowest BCUT2D eigenvalue weighted by Gasteiger charge is -2.08. The number of halogens is 2. The molecule has 0 N–H and O–H groups in total. The summed E-state index contributed by atoms with van der Waals surface area (Å²) in [5, 5.41) is 10.7. The number of esters is 1. The van der Waals surface area contributed by atoms with Crippen LogP contribution in [0.4, 0.5) is 5.69 Å².